The maximum Gasteiger partial charge on any atom is 0.314 e. The van der Waals surface area contributed by atoms with Crippen molar-refractivity contribution in [3.05, 3.63) is 24.8 Å². The van der Waals surface area contributed by atoms with Crippen LogP contribution in [0.15, 0.2) is 24.8 Å². The molecule has 0 radical (unpaired) electrons. The van der Waals surface area contributed by atoms with Gasteiger partial charge < -0.3 is 5.11 Å². The van der Waals surface area contributed by atoms with E-state index in [1.54, 1.807) is 0 Å². The maximum atomic E-state index is 10.2. The van der Waals surface area contributed by atoms with Gasteiger partial charge in [-0.3, -0.25) is 9.59 Å². The van der Waals surface area contributed by atoms with Crippen LogP contribution in [0.1, 0.15) is 0 Å². The zero-order chi connectivity index (χ0) is 7.98. The largest absolute Gasteiger partial charge is 0.481 e. The van der Waals surface area contributed by atoms with Crippen LogP contribution in [0.4, 0.5) is 0 Å². The Morgan fingerprint density at radius 1 is 1.60 bits per heavy atom. The lowest BCUT2D eigenvalue weighted by atomic mass is 10.1. The van der Waals surface area contributed by atoms with E-state index in [9.17, 15) is 9.59 Å². The van der Waals surface area contributed by atoms with Crippen LogP contribution >= 0.6 is 0 Å². The molecule has 0 fully saturated rings. The lowest BCUT2D eigenvalue weighted by Crippen LogP contribution is -2.06. The molecular weight excluding hydrogens is 132 g/mol. The van der Waals surface area contributed by atoms with E-state index in [1.807, 2.05) is 0 Å². The van der Waals surface area contributed by atoms with Crippen LogP contribution in [0.3, 0.4) is 0 Å². The second-order valence-corrected chi connectivity index (χ2v) is 1.62. The number of rotatable bonds is 4. The van der Waals surface area contributed by atoms with Gasteiger partial charge in [0, 0.05) is 0 Å². The molecule has 0 rings (SSSR count). The summed E-state index contributed by atoms with van der Waals surface area (Å²) in [7, 11) is 0. The molecule has 0 amide bonds. The molecule has 0 aromatic carbocycles. The fraction of sp³-hybridized carbons (Fsp3) is 0.143. The van der Waals surface area contributed by atoms with Crippen LogP contribution in [-0.4, -0.2) is 17.4 Å². The average Bonchev–Trinajstić information content (AvgIpc) is 1.89. The Labute approximate surface area is 58.7 Å². The molecule has 0 aliphatic rings. The third-order valence-electron chi connectivity index (χ3n) is 0.936. The van der Waals surface area contributed by atoms with E-state index in [0.29, 0.717) is 6.29 Å². The number of carbonyl (C=O) groups excluding carboxylic acids is 1. The normalized spacial score (nSPS) is 12.8. The summed E-state index contributed by atoms with van der Waals surface area (Å²) >= 11 is 0. The van der Waals surface area contributed by atoms with Crippen LogP contribution in [0.5, 0.6) is 0 Å². The molecule has 1 unspecified atom stereocenters. The zero-order valence-electron chi connectivity index (χ0n) is 5.36. The zero-order valence-corrected chi connectivity index (χ0v) is 5.36. The molecule has 0 bridgehead atoms. The molecule has 0 aliphatic carbocycles. The fourth-order valence-electron chi connectivity index (χ4n) is 0.427. The smallest absolute Gasteiger partial charge is 0.314 e. The molecule has 0 saturated heterocycles. The van der Waals surface area contributed by atoms with E-state index >= 15 is 0 Å². The Kier molecular flexibility index (Phi) is 3.87. The molecule has 3 heteroatoms. The van der Waals surface area contributed by atoms with Gasteiger partial charge in [0.2, 0.25) is 0 Å². The minimum Gasteiger partial charge on any atom is -0.481 e. The van der Waals surface area contributed by atoms with Crippen LogP contribution in [-0.2, 0) is 9.59 Å². The molecular formula is C7H8O3. The minimum absolute atomic E-state index is 0.527. The average molecular weight is 140 g/mol. The van der Waals surface area contributed by atoms with Crippen molar-refractivity contribution in [1.29, 1.82) is 0 Å². The van der Waals surface area contributed by atoms with Gasteiger partial charge in [-0.15, -0.1) is 6.58 Å². The Morgan fingerprint density at radius 3 is 2.50 bits per heavy atom. The van der Waals surface area contributed by atoms with Crippen LogP contribution < -0.4 is 0 Å². The lowest BCUT2D eigenvalue weighted by molar-refractivity contribution is -0.138. The third kappa shape index (κ3) is 2.81. The highest BCUT2D eigenvalue weighted by atomic mass is 16.4. The van der Waals surface area contributed by atoms with E-state index in [-0.39, 0.29) is 0 Å². The van der Waals surface area contributed by atoms with Crippen LogP contribution in [0, 0.1) is 5.92 Å². The predicted octanol–water partition coefficient (Wildman–Crippen LogP) is 0.628. The SMILES string of the molecule is C=CC(C=CC=O)C(=O)O. The van der Waals surface area contributed by atoms with Gasteiger partial charge in [-0.05, 0) is 6.08 Å². The molecule has 1 N–H and O–H groups in total. The summed E-state index contributed by atoms with van der Waals surface area (Å²) in [5.74, 6) is -1.77. The van der Waals surface area contributed by atoms with Gasteiger partial charge in [0.15, 0.2) is 0 Å². The molecule has 1 atom stereocenters. The van der Waals surface area contributed by atoms with E-state index in [4.69, 9.17) is 5.11 Å². The Hall–Kier alpha value is -1.38. The second-order valence-electron chi connectivity index (χ2n) is 1.62. The molecule has 10 heavy (non-hydrogen) atoms. The van der Waals surface area contributed by atoms with Crippen LogP contribution in [0.25, 0.3) is 0 Å². The Bertz CT molecular complexity index is 170. The number of carbonyl (C=O) groups is 2. The molecule has 0 aromatic rings. The first-order valence-electron chi connectivity index (χ1n) is 2.69. The first-order valence-corrected chi connectivity index (χ1v) is 2.69. The van der Waals surface area contributed by atoms with Crippen molar-refractivity contribution in [3.8, 4) is 0 Å². The molecule has 0 spiro atoms. The van der Waals surface area contributed by atoms with Crippen molar-refractivity contribution in [3.63, 3.8) is 0 Å². The minimum atomic E-state index is -1.01. The Morgan fingerprint density at radius 2 is 2.20 bits per heavy atom. The van der Waals surface area contributed by atoms with Gasteiger partial charge in [-0.1, -0.05) is 12.2 Å². The van der Waals surface area contributed by atoms with Gasteiger partial charge in [-0.2, -0.15) is 0 Å². The first kappa shape index (κ1) is 8.62. The van der Waals surface area contributed by atoms with E-state index in [2.05, 4.69) is 6.58 Å². The molecule has 54 valence electrons. The summed E-state index contributed by atoms with van der Waals surface area (Å²) in [4.78, 5) is 19.9. The third-order valence-corrected chi connectivity index (χ3v) is 0.936. The number of aldehydes is 1. The van der Waals surface area contributed by atoms with Crippen LogP contribution in [0.2, 0.25) is 0 Å². The van der Waals surface area contributed by atoms with E-state index in [1.165, 1.54) is 12.2 Å². The highest BCUT2D eigenvalue weighted by Crippen LogP contribution is 1.98. The molecule has 0 aromatic heterocycles. The Balaban J connectivity index is 4.07. The number of allylic oxidation sites excluding steroid dienone is 1. The number of carboxylic acid groups (broad SMARTS) is 1. The highest BCUT2D eigenvalue weighted by molar-refractivity contribution is 5.76. The highest BCUT2D eigenvalue weighted by Gasteiger charge is 2.06. The number of carboxylic acids is 1. The predicted molar refractivity (Wildman–Crippen MR) is 36.5 cm³/mol. The van der Waals surface area contributed by atoms with Gasteiger partial charge in [0.25, 0.3) is 0 Å². The van der Waals surface area contributed by atoms with Crippen molar-refractivity contribution >= 4 is 12.3 Å². The van der Waals surface area contributed by atoms with Gasteiger partial charge in [0.1, 0.15) is 6.29 Å². The number of hydrogen-bond donors (Lipinski definition) is 1. The van der Waals surface area contributed by atoms with Gasteiger partial charge >= 0.3 is 5.97 Å². The quantitative estimate of drug-likeness (QED) is 0.354. The topological polar surface area (TPSA) is 54.4 Å². The summed E-state index contributed by atoms with van der Waals surface area (Å²) in [6, 6.07) is 0. The van der Waals surface area contributed by atoms with Gasteiger partial charge in [-0.25, -0.2) is 0 Å². The fourth-order valence-corrected chi connectivity index (χ4v) is 0.427. The van der Waals surface area contributed by atoms with Crippen molar-refractivity contribution in [2.24, 2.45) is 5.92 Å². The first-order chi connectivity index (χ1) is 4.72. The summed E-state index contributed by atoms with van der Waals surface area (Å²) in [5, 5.41) is 8.36. The van der Waals surface area contributed by atoms with E-state index < -0.39 is 11.9 Å². The van der Waals surface area contributed by atoms with Crippen molar-refractivity contribution < 1.29 is 14.7 Å². The maximum absolute atomic E-state index is 10.2. The summed E-state index contributed by atoms with van der Waals surface area (Å²) in [6.45, 7) is 3.29. The van der Waals surface area contributed by atoms with Gasteiger partial charge in [0.05, 0.1) is 5.92 Å². The summed E-state index contributed by atoms with van der Waals surface area (Å²) in [6.07, 6.45) is 4.19. The summed E-state index contributed by atoms with van der Waals surface area (Å²) in [5.41, 5.74) is 0. The van der Waals surface area contributed by atoms with E-state index in [0.717, 1.165) is 6.08 Å². The molecule has 3 nitrogen and oxygen atoms in total. The molecule has 0 saturated carbocycles. The second kappa shape index (κ2) is 4.49. The number of aliphatic carboxylic acids is 1. The van der Waals surface area contributed by atoms with Crippen molar-refractivity contribution in [1.82, 2.24) is 0 Å². The van der Waals surface area contributed by atoms with Crippen molar-refractivity contribution in [2.45, 2.75) is 0 Å². The summed E-state index contributed by atoms with van der Waals surface area (Å²) < 4.78 is 0. The standard InChI is InChI=1S/C7H8O3/c1-2-6(7(9)10)4-3-5-8/h2-6H,1H2,(H,9,10). The molecule has 0 aliphatic heterocycles. The monoisotopic (exact) mass is 140 g/mol. The lowest BCUT2D eigenvalue weighted by Gasteiger charge is -1.95. The van der Waals surface area contributed by atoms with Crippen molar-refractivity contribution in [2.75, 3.05) is 0 Å². The number of hydrogen-bond acceptors (Lipinski definition) is 2. The molecule has 0 heterocycles.